The van der Waals surface area contributed by atoms with Gasteiger partial charge in [-0.1, -0.05) is 36.7 Å². The fourth-order valence-electron chi connectivity index (χ4n) is 3.33. The number of ether oxygens (including phenoxy) is 2. The van der Waals surface area contributed by atoms with Crippen LogP contribution >= 0.6 is 15.9 Å². The van der Waals surface area contributed by atoms with Gasteiger partial charge in [0, 0.05) is 34.9 Å². The molecule has 1 aliphatic rings. The predicted molar refractivity (Wildman–Crippen MR) is 89.4 cm³/mol. The zero-order valence-corrected chi connectivity index (χ0v) is 15.5. The molecule has 124 valence electrons. The predicted octanol–water partition coefficient (Wildman–Crippen LogP) is 4.00. The molecule has 0 aromatic heterocycles. The standard InChI is InChI=1S/C17H25BrO4/c1-11(2)14-15(18)16(22-10-21-5)13(7-9-19)17(14,4)8-6-12(3)20/h7,9,11,14H,6,8,10H2,1-5H3/b13-7-/t14-,17-/m0/s1. The number of carbonyl (C=O) groups excluding carboxylic acids is 2. The van der Waals surface area contributed by atoms with Gasteiger partial charge in [0.15, 0.2) is 6.79 Å². The van der Waals surface area contributed by atoms with Crippen LogP contribution in [0.5, 0.6) is 0 Å². The summed E-state index contributed by atoms with van der Waals surface area (Å²) in [6, 6.07) is 0. The van der Waals surface area contributed by atoms with Crippen LogP contribution in [0.15, 0.2) is 21.9 Å². The topological polar surface area (TPSA) is 52.6 Å². The summed E-state index contributed by atoms with van der Waals surface area (Å²) < 4.78 is 11.6. The van der Waals surface area contributed by atoms with E-state index in [1.54, 1.807) is 20.1 Å². The maximum absolute atomic E-state index is 11.5. The molecule has 1 rings (SSSR count). The number of carbonyl (C=O) groups is 2. The minimum atomic E-state index is -0.317. The number of Topliss-reactive ketones (excluding diaryl/α,β-unsaturated/α-hetero) is 1. The monoisotopic (exact) mass is 372 g/mol. The Balaban J connectivity index is 3.30. The van der Waals surface area contributed by atoms with E-state index < -0.39 is 0 Å². The van der Waals surface area contributed by atoms with Gasteiger partial charge in [-0.05, 0) is 25.3 Å². The van der Waals surface area contributed by atoms with Gasteiger partial charge in [0.2, 0.25) is 0 Å². The molecule has 1 aliphatic carbocycles. The fraction of sp³-hybridized carbons (Fsp3) is 0.647. The number of hydrogen-bond donors (Lipinski definition) is 0. The molecule has 0 saturated carbocycles. The van der Waals surface area contributed by atoms with E-state index in [2.05, 4.69) is 36.7 Å². The van der Waals surface area contributed by atoms with Crippen molar-refractivity contribution in [3.8, 4) is 0 Å². The molecule has 22 heavy (non-hydrogen) atoms. The van der Waals surface area contributed by atoms with Crippen molar-refractivity contribution in [2.75, 3.05) is 13.9 Å². The highest BCUT2D eigenvalue weighted by atomic mass is 79.9. The Hall–Kier alpha value is -0.940. The lowest BCUT2D eigenvalue weighted by molar-refractivity contribution is -0.117. The highest BCUT2D eigenvalue weighted by Crippen LogP contribution is 2.58. The van der Waals surface area contributed by atoms with E-state index in [4.69, 9.17) is 9.47 Å². The van der Waals surface area contributed by atoms with Crippen LogP contribution in [0.2, 0.25) is 0 Å². The summed E-state index contributed by atoms with van der Waals surface area (Å²) in [6.07, 6.45) is 3.49. The molecule has 2 atom stereocenters. The first-order valence-electron chi connectivity index (χ1n) is 7.46. The smallest absolute Gasteiger partial charge is 0.188 e. The van der Waals surface area contributed by atoms with Crippen molar-refractivity contribution in [2.45, 2.75) is 40.5 Å². The van der Waals surface area contributed by atoms with Crippen molar-refractivity contribution in [1.29, 1.82) is 0 Å². The fourth-order valence-corrected chi connectivity index (χ4v) is 4.69. The lowest BCUT2D eigenvalue weighted by Gasteiger charge is -2.36. The van der Waals surface area contributed by atoms with Crippen LogP contribution in [-0.4, -0.2) is 26.0 Å². The van der Waals surface area contributed by atoms with Crippen LogP contribution in [0.3, 0.4) is 0 Å². The average Bonchev–Trinajstić information content (AvgIpc) is 2.64. The van der Waals surface area contributed by atoms with Crippen LogP contribution in [0.1, 0.15) is 40.5 Å². The number of halogens is 1. The largest absolute Gasteiger partial charge is 0.466 e. The third-order valence-electron chi connectivity index (χ3n) is 4.26. The molecular formula is C17H25BrO4. The summed E-state index contributed by atoms with van der Waals surface area (Å²) in [5.74, 6) is 1.31. The van der Waals surface area contributed by atoms with Gasteiger partial charge >= 0.3 is 0 Å². The van der Waals surface area contributed by atoms with Crippen molar-refractivity contribution >= 4 is 28.0 Å². The minimum absolute atomic E-state index is 0.119. The SMILES string of the molecule is COCOC1=C(Br)[C@H](C(C)C)[C@@](C)(CCC(C)=O)/C1=C\C=O. The van der Waals surface area contributed by atoms with Gasteiger partial charge in [0.05, 0.1) is 0 Å². The Bertz CT molecular complexity index is 493. The van der Waals surface area contributed by atoms with Crippen LogP contribution in [0.25, 0.3) is 0 Å². The molecule has 0 aromatic carbocycles. The number of hydrogen-bond acceptors (Lipinski definition) is 4. The second kappa shape index (κ2) is 8.06. The number of allylic oxidation sites excluding steroid dienone is 3. The normalized spacial score (nSPS) is 26.9. The van der Waals surface area contributed by atoms with E-state index >= 15 is 0 Å². The molecule has 0 aromatic rings. The van der Waals surface area contributed by atoms with Gasteiger partial charge in [-0.25, -0.2) is 0 Å². The number of rotatable bonds is 8. The van der Waals surface area contributed by atoms with Crippen molar-refractivity contribution in [2.24, 2.45) is 17.3 Å². The first-order valence-corrected chi connectivity index (χ1v) is 8.26. The molecule has 0 saturated heterocycles. The Morgan fingerprint density at radius 3 is 2.55 bits per heavy atom. The summed E-state index contributed by atoms with van der Waals surface area (Å²) in [7, 11) is 1.56. The lowest BCUT2D eigenvalue weighted by atomic mass is 9.68. The van der Waals surface area contributed by atoms with Crippen LogP contribution in [0.4, 0.5) is 0 Å². The summed E-state index contributed by atoms with van der Waals surface area (Å²) in [4.78, 5) is 22.6. The van der Waals surface area contributed by atoms with E-state index in [-0.39, 0.29) is 23.9 Å². The second-order valence-electron chi connectivity index (χ2n) is 6.29. The molecule has 0 heterocycles. The Kier molecular flexibility index (Phi) is 7.00. The molecule has 0 N–H and O–H groups in total. The first kappa shape index (κ1) is 19.1. The Morgan fingerprint density at radius 1 is 1.45 bits per heavy atom. The van der Waals surface area contributed by atoms with Crippen LogP contribution < -0.4 is 0 Å². The van der Waals surface area contributed by atoms with Crippen molar-refractivity contribution in [3.63, 3.8) is 0 Å². The highest BCUT2D eigenvalue weighted by molar-refractivity contribution is 9.11. The summed E-state index contributed by atoms with van der Waals surface area (Å²) in [5.41, 5.74) is 0.522. The molecular weight excluding hydrogens is 348 g/mol. The van der Waals surface area contributed by atoms with E-state index in [1.165, 1.54) is 0 Å². The van der Waals surface area contributed by atoms with Crippen LogP contribution in [-0.2, 0) is 19.1 Å². The lowest BCUT2D eigenvalue weighted by Crippen LogP contribution is -2.30. The highest BCUT2D eigenvalue weighted by Gasteiger charge is 2.49. The van der Waals surface area contributed by atoms with Gasteiger partial charge in [0.25, 0.3) is 0 Å². The van der Waals surface area contributed by atoms with E-state index in [9.17, 15) is 9.59 Å². The maximum atomic E-state index is 11.5. The maximum Gasteiger partial charge on any atom is 0.188 e. The number of aldehydes is 1. The Morgan fingerprint density at radius 2 is 2.09 bits per heavy atom. The molecule has 0 aliphatic heterocycles. The summed E-state index contributed by atoms with van der Waals surface area (Å²) in [5, 5.41) is 0. The molecule has 0 unspecified atom stereocenters. The third-order valence-corrected chi connectivity index (χ3v) is 5.11. The van der Waals surface area contributed by atoms with Crippen molar-refractivity contribution in [1.82, 2.24) is 0 Å². The van der Waals surface area contributed by atoms with E-state index in [0.29, 0.717) is 24.5 Å². The number of methoxy groups -OCH3 is 1. The first-order chi connectivity index (χ1) is 10.3. The molecule has 0 radical (unpaired) electrons. The van der Waals surface area contributed by atoms with Gasteiger partial charge in [-0.15, -0.1) is 0 Å². The zero-order chi connectivity index (χ0) is 16.9. The van der Waals surface area contributed by atoms with Gasteiger partial charge < -0.3 is 14.3 Å². The molecule has 0 bridgehead atoms. The Labute approximate surface area is 141 Å². The zero-order valence-electron chi connectivity index (χ0n) is 13.9. The number of ketones is 1. The average molecular weight is 373 g/mol. The summed E-state index contributed by atoms with van der Waals surface area (Å²) in [6.45, 7) is 8.08. The van der Waals surface area contributed by atoms with E-state index in [1.807, 2.05) is 0 Å². The molecule has 0 amide bonds. The molecule has 0 spiro atoms. The van der Waals surface area contributed by atoms with Gasteiger partial charge in [-0.2, -0.15) is 0 Å². The quantitative estimate of drug-likeness (QED) is 0.367. The second-order valence-corrected chi connectivity index (χ2v) is 7.14. The third kappa shape index (κ3) is 3.87. The van der Waals surface area contributed by atoms with Crippen LogP contribution in [0, 0.1) is 17.3 Å². The van der Waals surface area contributed by atoms with Crippen molar-refractivity contribution in [3.05, 3.63) is 21.9 Å². The van der Waals surface area contributed by atoms with Gasteiger partial charge in [-0.3, -0.25) is 4.79 Å². The molecule has 4 nitrogen and oxygen atoms in total. The molecule has 5 heteroatoms. The van der Waals surface area contributed by atoms with E-state index in [0.717, 1.165) is 16.3 Å². The van der Waals surface area contributed by atoms with Gasteiger partial charge in [0.1, 0.15) is 17.8 Å². The minimum Gasteiger partial charge on any atom is -0.466 e. The van der Waals surface area contributed by atoms with Crippen molar-refractivity contribution < 1.29 is 19.1 Å². The molecule has 0 fully saturated rings. The summed E-state index contributed by atoms with van der Waals surface area (Å²) >= 11 is 3.65.